The van der Waals surface area contributed by atoms with Crippen molar-refractivity contribution >= 4 is 0 Å². The van der Waals surface area contributed by atoms with Gasteiger partial charge in [-0.05, 0) is 31.1 Å². The Bertz CT molecular complexity index is 390. The van der Waals surface area contributed by atoms with E-state index in [0.29, 0.717) is 17.6 Å². The van der Waals surface area contributed by atoms with Crippen LogP contribution in [0.3, 0.4) is 0 Å². The minimum Gasteiger partial charge on any atom is -0.493 e. The lowest BCUT2D eigenvalue weighted by molar-refractivity contribution is -0.0440. The van der Waals surface area contributed by atoms with Crippen molar-refractivity contribution < 1.29 is 9.84 Å². The highest BCUT2D eigenvalue weighted by Crippen LogP contribution is 2.44. The molecule has 1 heterocycles. The number of aliphatic hydroxyl groups is 1. The zero-order chi connectivity index (χ0) is 12.6. The molecule has 1 aromatic heterocycles. The third kappa shape index (κ3) is 2.18. The summed E-state index contributed by atoms with van der Waals surface area (Å²) in [6.45, 7) is 4.40. The zero-order valence-corrected chi connectivity index (χ0v) is 11.1. The number of aromatic nitrogens is 2. The Balaban J connectivity index is 2.39. The Hall–Kier alpha value is -1.03. The molecule has 4 heteroatoms. The van der Waals surface area contributed by atoms with Crippen LogP contribution in [0.15, 0.2) is 6.20 Å². The highest BCUT2D eigenvalue weighted by Gasteiger charge is 2.41. The quantitative estimate of drug-likeness (QED) is 0.858. The lowest BCUT2D eigenvalue weighted by Gasteiger charge is -2.39. The molecule has 1 saturated carbocycles. The van der Waals surface area contributed by atoms with Gasteiger partial charge in [0.2, 0.25) is 0 Å². The van der Waals surface area contributed by atoms with Crippen LogP contribution in [0.4, 0.5) is 0 Å². The van der Waals surface area contributed by atoms with Crippen molar-refractivity contribution in [3.63, 3.8) is 0 Å². The Kier molecular flexibility index (Phi) is 3.17. The molecule has 1 fully saturated rings. The van der Waals surface area contributed by atoms with Crippen molar-refractivity contribution in [2.75, 3.05) is 7.11 Å². The van der Waals surface area contributed by atoms with Gasteiger partial charge < -0.3 is 9.84 Å². The molecule has 0 saturated heterocycles. The number of aryl methyl sites for hydroxylation is 1. The van der Waals surface area contributed by atoms with E-state index in [2.05, 4.69) is 18.9 Å². The fraction of sp³-hybridized carbons (Fsp3) is 0.769. The molecule has 96 valence electrons. The second-order valence-electron chi connectivity index (χ2n) is 5.57. The lowest BCUT2D eigenvalue weighted by Crippen LogP contribution is -2.37. The van der Waals surface area contributed by atoms with Gasteiger partial charge in [-0.15, -0.1) is 0 Å². The van der Waals surface area contributed by atoms with Gasteiger partial charge in [0.25, 0.3) is 0 Å². The van der Waals surface area contributed by atoms with Crippen molar-refractivity contribution in [2.24, 2.45) is 18.9 Å². The first kappa shape index (κ1) is 12.4. The fourth-order valence-electron chi connectivity index (χ4n) is 3.38. The first-order valence-electron chi connectivity index (χ1n) is 6.25. The van der Waals surface area contributed by atoms with E-state index in [1.54, 1.807) is 18.0 Å². The van der Waals surface area contributed by atoms with Gasteiger partial charge in [0, 0.05) is 7.05 Å². The SMILES string of the molecule is COc1cnn(C)c1C1(O)CC(C)CC(C)C1. The molecule has 0 spiro atoms. The Labute approximate surface area is 103 Å². The van der Waals surface area contributed by atoms with Crippen molar-refractivity contribution in [3.8, 4) is 5.75 Å². The number of hydrogen-bond donors (Lipinski definition) is 1. The number of nitrogens with zero attached hydrogens (tertiary/aromatic N) is 2. The molecule has 0 aliphatic heterocycles. The maximum atomic E-state index is 10.9. The third-order valence-electron chi connectivity index (χ3n) is 3.74. The fourth-order valence-corrected chi connectivity index (χ4v) is 3.38. The first-order chi connectivity index (χ1) is 7.96. The average Bonchev–Trinajstić information content (AvgIpc) is 2.57. The van der Waals surface area contributed by atoms with Gasteiger partial charge in [-0.3, -0.25) is 4.68 Å². The van der Waals surface area contributed by atoms with Crippen LogP contribution in [0.2, 0.25) is 0 Å². The number of ether oxygens (including phenoxy) is 1. The summed E-state index contributed by atoms with van der Waals surface area (Å²) in [5.74, 6) is 1.75. The molecule has 0 aromatic carbocycles. The van der Waals surface area contributed by atoms with Crippen molar-refractivity contribution in [2.45, 2.75) is 38.7 Å². The summed E-state index contributed by atoms with van der Waals surface area (Å²) in [5.41, 5.74) is 0.0200. The maximum Gasteiger partial charge on any atom is 0.162 e. The molecule has 2 atom stereocenters. The minimum atomic E-state index is -0.798. The van der Waals surface area contributed by atoms with E-state index in [1.165, 1.54) is 6.42 Å². The van der Waals surface area contributed by atoms with Crippen LogP contribution in [-0.2, 0) is 12.6 Å². The molecule has 0 bridgehead atoms. The van der Waals surface area contributed by atoms with Gasteiger partial charge in [-0.1, -0.05) is 13.8 Å². The summed E-state index contributed by atoms with van der Waals surface area (Å²) in [6, 6.07) is 0. The van der Waals surface area contributed by atoms with Gasteiger partial charge in [-0.25, -0.2) is 0 Å². The van der Waals surface area contributed by atoms with Crippen LogP contribution < -0.4 is 4.74 Å². The van der Waals surface area contributed by atoms with E-state index in [9.17, 15) is 5.11 Å². The van der Waals surface area contributed by atoms with E-state index < -0.39 is 5.60 Å². The summed E-state index contributed by atoms with van der Waals surface area (Å²) in [4.78, 5) is 0. The second-order valence-corrected chi connectivity index (χ2v) is 5.57. The van der Waals surface area contributed by atoms with Gasteiger partial charge in [0.15, 0.2) is 5.75 Å². The van der Waals surface area contributed by atoms with Gasteiger partial charge in [-0.2, -0.15) is 5.10 Å². The van der Waals surface area contributed by atoms with Crippen LogP contribution >= 0.6 is 0 Å². The summed E-state index contributed by atoms with van der Waals surface area (Å²) < 4.78 is 7.05. The van der Waals surface area contributed by atoms with E-state index in [0.717, 1.165) is 18.5 Å². The summed E-state index contributed by atoms with van der Waals surface area (Å²) in [5, 5.41) is 15.1. The van der Waals surface area contributed by atoms with E-state index in [4.69, 9.17) is 4.74 Å². The molecule has 1 aromatic rings. The van der Waals surface area contributed by atoms with Gasteiger partial charge in [0.1, 0.15) is 11.3 Å². The molecular weight excluding hydrogens is 216 g/mol. The predicted octanol–water partition coefficient (Wildman–Crippen LogP) is 2.07. The molecule has 2 unspecified atom stereocenters. The standard InChI is InChI=1S/C13H22N2O2/c1-9-5-10(2)7-13(16,6-9)12-11(17-4)8-14-15(12)3/h8-10,16H,5-7H2,1-4H3. The summed E-state index contributed by atoms with van der Waals surface area (Å²) in [6.07, 6.45) is 4.43. The largest absolute Gasteiger partial charge is 0.493 e. The zero-order valence-electron chi connectivity index (χ0n) is 11.1. The number of hydrogen-bond acceptors (Lipinski definition) is 3. The third-order valence-corrected chi connectivity index (χ3v) is 3.74. The lowest BCUT2D eigenvalue weighted by atomic mass is 9.72. The normalized spacial score (nSPS) is 33.7. The van der Waals surface area contributed by atoms with Crippen LogP contribution in [0.5, 0.6) is 5.75 Å². The van der Waals surface area contributed by atoms with Crippen molar-refractivity contribution in [3.05, 3.63) is 11.9 Å². The highest BCUT2D eigenvalue weighted by molar-refractivity contribution is 5.31. The van der Waals surface area contributed by atoms with Crippen LogP contribution in [-0.4, -0.2) is 22.0 Å². The van der Waals surface area contributed by atoms with Gasteiger partial charge in [0.05, 0.1) is 13.3 Å². The molecular formula is C13H22N2O2. The van der Waals surface area contributed by atoms with Crippen LogP contribution in [0, 0.1) is 11.8 Å². The molecule has 17 heavy (non-hydrogen) atoms. The topological polar surface area (TPSA) is 47.3 Å². The minimum absolute atomic E-state index is 0.531. The molecule has 1 N–H and O–H groups in total. The van der Waals surface area contributed by atoms with E-state index >= 15 is 0 Å². The Morgan fingerprint density at radius 3 is 2.53 bits per heavy atom. The molecule has 0 radical (unpaired) electrons. The predicted molar refractivity (Wildman–Crippen MR) is 65.8 cm³/mol. The molecule has 4 nitrogen and oxygen atoms in total. The monoisotopic (exact) mass is 238 g/mol. The Morgan fingerprint density at radius 1 is 1.41 bits per heavy atom. The molecule has 2 rings (SSSR count). The van der Waals surface area contributed by atoms with E-state index in [1.807, 2.05) is 7.05 Å². The van der Waals surface area contributed by atoms with Gasteiger partial charge >= 0.3 is 0 Å². The average molecular weight is 238 g/mol. The smallest absolute Gasteiger partial charge is 0.162 e. The first-order valence-corrected chi connectivity index (χ1v) is 6.25. The second kappa shape index (κ2) is 4.33. The summed E-state index contributed by atoms with van der Waals surface area (Å²) >= 11 is 0. The molecule has 0 amide bonds. The van der Waals surface area contributed by atoms with E-state index in [-0.39, 0.29) is 0 Å². The molecule has 1 aliphatic carbocycles. The highest BCUT2D eigenvalue weighted by atomic mass is 16.5. The van der Waals surface area contributed by atoms with Crippen molar-refractivity contribution in [1.29, 1.82) is 0 Å². The van der Waals surface area contributed by atoms with Crippen LogP contribution in [0.25, 0.3) is 0 Å². The summed E-state index contributed by atoms with van der Waals surface area (Å²) in [7, 11) is 3.49. The Morgan fingerprint density at radius 2 is 2.00 bits per heavy atom. The molecule has 1 aliphatic rings. The van der Waals surface area contributed by atoms with Crippen LogP contribution in [0.1, 0.15) is 38.8 Å². The maximum absolute atomic E-state index is 10.9. The van der Waals surface area contributed by atoms with Crippen molar-refractivity contribution in [1.82, 2.24) is 9.78 Å². The number of methoxy groups -OCH3 is 1. The number of rotatable bonds is 2.